The van der Waals surface area contributed by atoms with Crippen LogP contribution in [0.25, 0.3) is 0 Å². The van der Waals surface area contributed by atoms with Gasteiger partial charge < -0.3 is 0 Å². The molecule has 1 aromatic heterocycles. The van der Waals surface area contributed by atoms with Gasteiger partial charge in [0.15, 0.2) is 0 Å². The van der Waals surface area contributed by atoms with E-state index in [1.165, 1.54) is 10.1 Å². The van der Waals surface area contributed by atoms with Crippen molar-refractivity contribution >= 4 is 0 Å². The molecular weight excluding hydrogens is 338 g/mol. The molecule has 5 heteroatoms. The number of aryl methyl sites for hydroxylation is 1. The lowest BCUT2D eigenvalue weighted by Gasteiger charge is -2.14. The highest BCUT2D eigenvalue weighted by atomic mass is 16.2. The Balaban J connectivity index is 1.65. The van der Waals surface area contributed by atoms with Crippen LogP contribution in [0.5, 0.6) is 0 Å². The predicted octanol–water partition coefficient (Wildman–Crippen LogP) is 2.42. The molecule has 27 heavy (non-hydrogen) atoms. The van der Waals surface area contributed by atoms with E-state index in [0.717, 1.165) is 28.9 Å². The summed E-state index contributed by atoms with van der Waals surface area (Å²) in [7, 11) is 1.76. The van der Waals surface area contributed by atoms with Gasteiger partial charge in [0, 0.05) is 32.4 Å². The first-order valence-corrected chi connectivity index (χ1v) is 9.16. The molecule has 1 aliphatic rings. The van der Waals surface area contributed by atoms with E-state index in [-0.39, 0.29) is 11.2 Å². The Bertz CT molecular complexity index is 1080. The Kier molecular flexibility index (Phi) is 4.54. The molecule has 3 aromatic rings. The van der Waals surface area contributed by atoms with Gasteiger partial charge in [-0.2, -0.15) is 0 Å². The van der Waals surface area contributed by atoms with Gasteiger partial charge >= 0.3 is 5.69 Å². The van der Waals surface area contributed by atoms with Crippen molar-refractivity contribution in [3.8, 4) is 0 Å². The lowest BCUT2D eigenvalue weighted by molar-refractivity contribution is 0.272. The highest BCUT2D eigenvalue weighted by Crippen LogP contribution is 2.20. The first-order chi connectivity index (χ1) is 13.0. The maximum Gasteiger partial charge on any atom is 0.331 e. The monoisotopic (exact) mass is 361 g/mol. The first-order valence-electron chi connectivity index (χ1n) is 9.16. The van der Waals surface area contributed by atoms with Gasteiger partial charge in [-0.1, -0.05) is 60.2 Å². The second-order valence-corrected chi connectivity index (χ2v) is 7.27. The van der Waals surface area contributed by atoms with Gasteiger partial charge in [0.1, 0.15) is 0 Å². The lowest BCUT2D eigenvalue weighted by atomic mass is 10.1. The van der Waals surface area contributed by atoms with Crippen molar-refractivity contribution in [2.45, 2.75) is 33.1 Å². The third-order valence-electron chi connectivity index (χ3n) is 5.24. The molecular formula is C22H23N3O2. The molecule has 0 amide bonds. The molecule has 5 nitrogen and oxygen atoms in total. The second-order valence-electron chi connectivity index (χ2n) is 7.27. The molecule has 0 fully saturated rings. The largest absolute Gasteiger partial charge is 0.331 e. The molecule has 0 saturated carbocycles. The van der Waals surface area contributed by atoms with E-state index in [0.29, 0.717) is 19.6 Å². The number of hydrogen-bond acceptors (Lipinski definition) is 3. The summed E-state index contributed by atoms with van der Waals surface area (Å²) in [4.78, 5) is 28.0. The number of hydrogen-bond donors (Lipinski definition) is 0. The molecule has 0 N–H and O–H groups in total. The van der Waals surface area contributed by atoms with Gasteiger partial charge in [-0.15, -0.1) is 0 Å². The number of aromatic nitrogens is 2. The van der Waals surface area contributed by atoms with Crippen LogP contribution in [0.3, 0.4) is 0 Å². The predicted molar refractivity (Wildman–Crippen MR) is 106 cm³/mol. The summed E-state index contributed by atoms with van der Waals surface area (Å²) in [5.74, 6) is 0. The van der Waals surface area contributed by atoms with E-state index in [1.54, 1.807) is 11.6 Å². The summed E-state index contributed by atoms with van der Waals surface area (Å²) in [5, 5.41) is 0. The summed E-state index contributed by atoms with van der Waals surface area (Å²) in [6, 6.07) is 18.1. The molecule has 0 radical (unpaired) electrons. The van der Waals surface area contributed by atoms with E-state index in [4.69, 9.17) is 0 Å². The van der Waals surface area contributed by atoms with Gasteiger partial charge in [0.05, 0.1) is 12.1 Å². The van der Waals surface area contributed by atoms with Crippen molar-refractivity contribution in [1.82, 2.24) is 14.0 Å². The molecule has 2 heterocycles. The molecule has 138 valence electrons. The molecule has 0 saturated heterocycles. The Morgan fingerprint density at radius 1 is 0.852 bits per heavy atom. The van der Waals surface area contributed by atoms with E-state index in [1.807, 2.05) is 49.4 Å². The molecule has 0 spiro atoms. The number of rotatable bonds is 4. The second kappa shape index (κ2) is 7.00. The van der Waals surface area contributed by atoms with Crippen LogP contribution in [-0.4, -0.2) is 14.0 Å². The molecule has 0 aliphatic carbocycles. The fourth-order valence-electron chi connectivity index (χ4n) is 3.69. The molecule has 0 atom stereocenters. The van der Waals surface area contributed by atoms with E-state index < -0.39 is 0 Å². The Hall–Kier alpha value is -2.92. The van der Waals surface area contributed by atoms with Crippen molar-refractivity contribution in [2.24, 2.45) is 7.05 Å². The van der Waals surface area contributed by atoms with Crippen LogP contribution >= 0.6 is 0 Å². The maximum absolute atomic E-state index is 13.0. The zero-order chi connectivity index (χ0) is 19.0. The summed E-state index contributed by atoms with van der Waals surface area (Å²) in [6.45, 7) is 4.28. The Labute approximate surface area is 158 Å². The average Bonchev–Trinajstić information content (AvgIpc) is 3.10. The van der Waals surface area contributed by atoms with Crippen molar-refractivity contribution in [3.63, 3.8) is 0 Å². The summed E-state index contributed by atoms with van der Waals surface area (Å²) >= 11 is 0. The zero-order valence-corrected chi connectivity index (χ0v) is 15.7. The summed E-state index contributed by atoms with van der Waals surface area (Å²) < 4.78 is 2.99. The minimum absolute atomic E-state index is 0.163. The van der Waals surface area contributed by atoms with Gasteiger partial charge in [0.25, 0.3) is 5.56 Å². The quantitative estimate of drug-likeness (QED) is 0.717. The van der Waals surface area contributed by atoms with Crippen LogP contribution < -0.4 is 11.2 Å². The number of nitrogens with zero attached hydrogens (tertiary/aromatic N) is 3. The molecule has 0 bridgehead atoms. The third-order valence-corrected chi connectivity index (χ3v) is 5.24. The minimum atomic E-state index is -0.249. The van der Waals surface area contributed by atoms with Gasteiger partial charge in [-0.05, 0) is 18.1 Å². The summed E-state index contributed by atoms with van der Waals surface area (Å²) in [6.07, 6.45) is 0. The SMILES string of the molecule is Cc1ccc(Cn2c(=O)c3c(n(C)c2=O)CN(Cc2ccccc2)C3)cc1. The van der Waals surface area contributed by atoms with Gasteiger partial charge in [0.2, 0.25) is 0 Å². The van der Waals surface area contributed by atoms with Crippen LogP contribution in [-0.2, 0) is 33.2 Å². The van der Waals surface area contributed by atoms with Crippen LogP contribution in [0.1, 0.15) is 27.9 Å². The third kappa shape index (κ3) is 3.38. The van der Waals surface area contributed by atoms with E-state index in [9.17, 15) is 9.59 Å². The number of fused-ring (bicyclic) bond motifs is 1. The maximum atomic E-state index is 13.0. The molecule has 4 rings (SSSR count). The Morgan fingerprint density at radius 3 is 2.22 bits per heavy atom. The van der Waals surface area contributed by atoms with Crippen LogP contribution in [0.4, 0.5) is 0 Å². The number of benzene rings is 2. The van der Waals surface area contributed by atoms with Crippen LogP contribution in [0, 0.1) is 6.92 Å². The van der Waals surface area contributed by atoms with Gasteiger partial charge in [-0.25, -0.2) is 4.79 Å². The summed E-state index contributed by atoms with van der Waals surface area (Å²) in [5.41, 5.74) is 4.48. The van der Waals surface area contributed by atoms with E-state index in [2.05, 4.69) is 17.0 Å². The van der Waals surface area contributed by atoms with Crippen LogP contribution in [0.15, 0.2) is 64.2 Å². The highest BCUT2D eigenvalue weighted by molar-refractivity contribution is 5.26. The first kappa shape index (κ1) is 17.5. The van der Waals surface area contributed by atoms with E-state index >= 15 is 0 Å². The fraction of sp³-hybridized carbons (Fsp3) is 0.273. The van der Waals surface area contributed by atoms with Crippen molar-refractivity contribution in [1.29, 1.82) is 0 Å². The van der Waals surface area contributed by atoms with Crippen molar-refractivity contribution in [2.75, 3.05) is 0 Å². The van der Waals surface area contributed by atoms with Crippen molar-refractivity contribution < 1.29 is 0 Å². The highest BCUT2D eigenvalue weighted by Gasteiger charge is 2.26. The molecule has 2 aromatic carbocycles. The molecule has 1 aliphatic heterocycles. The zero-order valence-electron chi connectivity index (χ0n) is 15.7. The van der Waals surface area contributed by atoms with Crippen molar-refractivity contribution in [3.05, 3.63) is 103 Å². The topological polar surface area (TPSA) is 47.2 Å². The standard InChI is InChI=1S/C22H23N3O2/c1-16-8-10-18(11-9-16)13-25-21(26)19-14-24(12-17-6-4-3-5-7-17)15-20(19)23(2)22(25)27/h3-11H,12-15H2,1-2H3. The van der Waals surface area contributed by atoms with Gasteiger partial charge in [-0.3, -0.25) is 18.8 Å². The Morgan fingerprint density at radius 2 is 1.52 bits per heavy atom. The van der Waals surface area contributed by atoms with Crippen LogP contribution in [0.2, 0.25) is 0 Å². The molecule has 0 unspecified atom stereocenters. The fourth-order valence-corrected chi connectivity index (χ4v) is 3.69. The average molecular weight is 361 g/mol. The smallest absolute Gasteiger partial charge is 0.299 e. The lowest BCUT2D eigenvalue weighted by Crippen LogP contribution is -2.41. The minimum Gasteiger partial charge on any atom is -0.299 e. The normalized spacial score (nSPS) is 13.7.